The van der Waals surface area contributed by atoms with E-state index in [9.17, 15) is 0 Å². The quantitative estimate of drug-likeness (QED) is 0.162. The van der Waals surface area contributed by atoms with Crippen molar-refractivity contribution in [2.45, 2.75) is 66.2 Å². The van der Waals surface area contributed by atoms with Gasteiger partial charge in [-0.3, -0.25) is 0 Å². The van der Waals surface area contributed by atoms with Crippen LogP contribution in [0.15, 0.2) is 60.7 Å². The van der Waals surface area contributed by atoms with Crippen molar-refractivity contribution in [2.24, 2.45) is 0 Å². The highest BCUT2D eigenvalue weighted by atomic mass is 32.1. The average Bonchev–Trinajstić information content (AvgIpc) is 3.75. The molecule has 0 bridgehead atoms. The minimum atomic E-state index is -0.0204. The van der Waals surface area contributed by atoms with E-state index in [-0.39, 0.29) is 10.8 Å². The van der Waals surface area contributed by atoms with Gasteiger partial charge in [-0.15, -0.1) is 34.0 Å². The molecule has 9 rings (SSSR count). The monoisotopic (exact) mass is 610 g/mol. The molecule has 3 aromatic heterocycles. The molecule has 0 saturated carbocycles. The molecule has 0 N–H and O–H groups in total. The fourth-order valence-corrected chi connectivity index (χ4v) is 12.5. The van der Waals surface area contributed by atoms with Crippen molar-refractivity contribution in [1.29, 1.82) is 0 Å². The zero-order chi connectivity index (χ0) is 29.7. The predicted molar refractivity (Wildman–Crippen MR) is 192 cm³/mol. The van der Waals surface area contributed by atoms with Crippen LogP contribution < -0.4 is 0 Å². The maximum atomic E-state index is 2.50. The average molecular weight is 611 g/mol. The standard InChI is InChI=1S/C40H34S3/c1-19-9-11-24-25-12-10-23(17-29(25)22(4)21(3)28(24)15-19)32-18-31-37(42-32)38-34(40(31,7)8)27-14-13-26-33(36(27)43-38)39(5,6)30-16-20(2)41-35(26)30/h9-18H,1-8H3. The lowest BCUT2D eigenvalue weighted by molar-refractivity contribution is 0.664. The number of rotatable bonds is 1. The van der Waals surface area contributed by atoms with Crippen molar-refractivity contribution >= 4 is 65.6 Å². The van der Waals surface area contributed by atoms with Crippen molar-refractivity contribution in [1.82, 2.24) is 0 Å². The van der Waals surface area contributed by atoms with Crippen molar-refractivity contribution in [3.8, 4) is 30.6 Å². The highest BCUT2D eigenvalue weighted by Gasteiger charge is 2.44. The van der Waals surface area contributed by atoms with Gasteiger partial charge >= 0.3 is 0 Å². The van der Waals surface area contributed by atoms with E-state index in [0.717, 1.165) is 0 Å². The number of fused-ring (bicyclic) bond motifs is 12. The molecular weight excluding hydrogens is 577 g/mol. The molecule has 4 aromatic carbocycles. The Labute approximate surface area is 265 Å². The summed E-state index contributed by atoms with van der Waals surface area (Å²) in [5.74, 6) is 0. The van der Waals surface area contributed by atoms with Crippen LogP contribution in [-0.4, -0.2) is 0 Å². The second kappa shape index (κ2) is 8.27. The first kappa shape index (κ1) is 26.2. The molecule has 0 aliphatic heterocycles. The Morgan fingerprint density at radius 3 is 1.93 bits per heavy atom. The number of hydrogen-bond donors (Lipinski definition) is 0. The van der Waals surface area contributed by atoms with Gasteiger partial charge in [0.1, 0.15) is 0 Å². The summed E-state index contributed by atoms with van der Waals surface area (Å²) in [6.45, 7) is 18.8. The maximum absolute atomic E-state index is 2.50. The lowest BCUT2D eigenvalue weighted by Crippen LogP contribution is -2.16. The van der Waals surface area contributed by atoms with E-state index in [1.807, 2.05) is 22.7 Å². The van der Waals surface area contributed by atoms with Gasteiger partial charge in [0.25, 0.3) is 0 Å². The molecule has 0 saturated heterocycles. The van der Waals surface area contributed by atoms with Crippen LogP contribution in [0, 0.1) is 27.7 Å². The molecule has 0 atom stereocenters. The van der Waals surface area contributed by atoms with Crippen molar-refractivity contribution in [2.75, 3.05) is 0 Å². The first-order valence-electron chi connectivity index (χ1n) is 15.3. The fourth-order valence-electron chi connectivity index (χ4n) is 8.22. The Morgan fingerprint density at radius 1 is 0.512 bits per heavy atom. The molecule has 0 unspecified atom stereocenters. The number of aryl methyl sites for hydroxylation is 4. The predicted octanol–water partition coefficient (Wildman–Crippen LogP) is 12.8. The summed E-state index contributed by atoms with van der Waals surface area (Å²) in [4.78, 5) is 7.25. The summed E-state index contributed by atoms with van der Waals surface area (Å²) >= 11 is 6.01. The zero-order valence-corrected chi connectivity index (χ0v) is 28.4. The van der Waals surface area contributed by atoms with Gasteiger partial charge in [0.2, 0.25) is 0 Å². The minimum absolute atomic E-state index is 0.0204. The molecule has 3 heterocycles. The van der Waals surface area contributed by atoms with Gasteiger partial charge in [-0.1, -0.05) is 75.7 Å². The van der Waals surface area contributed by atoms with E-state index in [4.69, 9.17) is 0 Å². The Bertz CT molecular complexity index is 2380. The molecule has 0 radical (unpaired) electrons. The van der Waals surface area contributed by atoms with E-state index >= 15 is 0 Å². The normalized spacial score (nSPS) is 15.8. The van der Waals surface area contributed by atoms with Crippen molar-refractivity contribution in [3.05, 3.63) is 104 Å². The van der Waals surface area contributed by atoms with Gasteiger partial charge in [-0.05, 0) is 117 Å². The first-order chi connectivity index (χ1) is 20.5. The van der Waals surface area contributed by atoms with Gasteiger partial charge in [0.15, 0.2) is 0 Å². The molecular formula is C40H34S3. The van der Waals surface area contributed by atoms with E-state index in [2.05, 4.69) is 127 Å². The molecule has 7 aromatic rings. The number of hydrogen-bond acceptors (Lipinski definition) is 3. The molecule has 2 aliphatic carbocycles. The van der Waals surface area contributed by atoms with Crippen LogP contribution in [0.2, 0.25) is 0 Å². The molecule has 43 heavy (non-hydrogen) atoms. The summed E-state index contributed by atoms with van der Waals surface area (Å²) in [7, 11) is 0. The highest BCUT2D eigenvalue weighted by Crippen LogP contribution is 2.63. The van der Waals surface area contributed by atoms with Crippen molar-refractivity contribution in [3.63, 3.8) is 0 Å². The van der Waals surface area contributed by atoms with Crippen molar-refractivity contribution < 1.29 is 0 Å². The summed E-state index contributed by atoms with van der Waals surface area (Å²) in [5.41, 5.74) is 13.0. The SMILES string of the molecule is Cc1ccc2c(c1)c(C)c(C)c1cc(-c3cc4c(s3)-c3sc5c6c(ccc5c3C4(C)C)-c3sc(C)cc3C6(C)C)ccc12. The summed E-state index contributed by atoms with van der Waals surface area (Å²) in [6, 6.07) is 23.9. The third-order valence-corrected chi connectivity index (χ3v) is 14.3. The van der Waals surface area contributed by atoms with E-state index in [1.165, 1.54) is 101 Å². The van der Waals surface area contributed by atoms with Crippen LogP contribution in [-0.2, 0) is 10.8 Å². The summed E-state index contributed by atoms with van der Waals surface area (Å²) in [5, 5.41) is 6.94. The zero-order valence-electron chi connectivity index (χ0n) is 26.0. The Morgan fingerprint density at radius 2 is 1.16 bits per heavy atom. The largest absolute Gasteiger partial charge is 0.140 e. The second-order valence-corrected chi connectivity index (χ2v) is 17.3. The summed E-state index contributed by atoms with van der Waals surface area (Å²) < 4.78 is 1.50. The summed E-state index contributed by atoms with van der Waals surface area (Å²) in [6.07, 6.45) is 0. The Balaban J connectivity index is 1.23. The van der Waals surface area contributed by atoms with Gasteiger partial charge in [0, 0.05) is 39.9 Å². The number of thiophene rings is 3. The Kier molecular flexibility index (Phi) is 5.03. The van der Waals surface area contributed by atoms with E-state index in [0.29, 0.717) is 0 Å². The fraction of sp³-hybridized carbons (Fsp3) is 0.250. The molecule has 3 heteroatoms. The molecule has 0 nitrogen and oxygen atoms in total. The second-order valence-electron chi connectivity index (χ2n) is 13.9. The first-order valence-corrected chi connectivity index (χ1v) is 17.7. The molecule has 0 amide bonds. The van der Waals surface area contributed by atoms with E-state index in [1.54, 1.807) is 5.56 Å². The maximum Gasteiger partial charge on any atom is 0.0499 e. The van der Waals surface area contributed by atoms with E-state index < -0.39 is 0 Å². The lowest BCUT2D eigenvalue weighted by atomic mass is 9.79. The van der Waals surface area contributed by atoms with Crippen LogP contribution >= 0.6 is 34.0 Å². The third kappa shape index (κ3) is 3.21. The molecule has 0 spiro atoms. The van der Waals surface area contributed by atoms with Crippen LogP contribution in [0.5, 0.6) is 0 Å². The van der Waals surface area contributed by atoms with Gasteiger partial charge in [-0.2, -0.15) is 0 Å². The van der Waals surface area contributed by atoms with Crippen LogP contribution in [0.4, 0.5) is 0 Å². The number of benzene rings is 4. The topological polar surface area (TPSA) is 0 Å². The molecule has 2 aliphatic rings. The van der Waals surface area contributed by atoms with Gasteiger partial charge in [0.05, 0.1) is 0 Å². The van der Waals surface area contributed by atoms with Gasteiger partial charge < -0.3 is 0 Å². The highest BCUT2D eigenvalue weighted by molar-refractivity contribution is 7.28. The van der Waals surface area contributed by atoms with Gasteiger partial charge in [-0.25, -0.2) is 0 Å². The molecule has 212 valence electrons. The molecule has 0 fully saturated rings. The Hall–Kier alpha value is -3.24. The van der Waals surface area contributed by atoms with Crippen LogP contribution in [0.1, 0.15) is 71.5 Å². The minimum Gasteiger partial charge on any atom is -0.140 e. The smallest absolute Gasteiger partial charge is 0.0499 e. The third-order valence-electron chi connectivity index (χ3n) is 10.6. The van der Waals surface area contributed by atoms with Crippen LogP contribution in [0.25, 0.3) is 62.3 Å². The van der Waals surface area contributed by atoms with Crippen LogP contribution in [0.3, 0.4) is 0 Å². The lowest BCUT2D eigenvalue weighted by Gasteiger charge is -2.23.